The highest BCUT2D eigenvalue weighted by molar-refractivity contribution is 5.91. The lowest BCUT2D eigenvalue weighted by Crippen LogP contribution is -3.15. The van der Waals surface area contributed by atoms with Crippen LogP contribution in [0.2, 0.25) is 0 Å². The number of phenols is 1. The van der Waals surface area contributed by atoms with Gasteiger partial charge in [0, 0.05) is 11.4 Å². The molecule has 6 nitrogen and oxygen atoms in total. The van der Waals surface area contributed by atoms with E-state index in [-0.39, 0.29) is 11.7 Å². The van der Waals surface area contributed by atoms with Crippen LogP contribution in [0.25, 0.3) is 0 Å². The molecule has 0 atom stereocenters. The van der Waals surface area contributed by atoms with Crippen LogP contribution in [0.5, 0.6) is 11.5 Å². The van der Waals surface area contributed by atoms with Crippen molar-refractivity contribution in [3.63, 3.8) is 0 Å². The normalized spacial score (nSPS) is 15.0. The second-order valence-corrected chi connectivity index (χ2v) is 6.21. The zero-order valence-electron chi connectivity index (χ0n) is 14.4. The van der Waals surface area contributed by atoms with Crippen molar-refractivity contribution in [3.8, 4) is 11.5 Å². The summed E-state index contributed by atoms with van der Waals surface area (Å²) in [6.07, 6.45) is 0. The molecule has 6 heteroatoms. The van der Waals surface area contributed by atoms with E-state index in [2.05, 4.69) is 10.2 Å². The van der Waals surface area contributed by atoms with Crippen molar-refractivity contribution in [3.05, 3.63) is 48.5 Å². The molecule has 1 fully saturated rings. The topological polar surface area (TPSA) is 66.2 Å². The summed E-state index contributed by atoms with van der Waals surface area (Å²) in [5, 5.41) is 12.3. The van der Waals surface area contributed by atoms with Crippen LogP contribution in [0.1, 0.15) is 0 Å². The Bertz CT molecular complexity index is 693. The van der Waals surface area contributed by atoms with E-state index < -0.39 is 0 Å². The maximum Gasteiger partial charge on any atom is 0.279 e. The molecule has 25 heavy (non-hydrogen) atoms. The number of rotatable bonds is 5. The Balaban J connectivity index is 1.46. The van der Waals surface area contributed by atoms with Gasteiger partial charge in [-0.25, -0.2) is 0 Å². The number of benzene rings is 2. The molecule has 2 aromatic carbocycles. The number of piperazine rings is 1. The molecule has 1 aliphatic heterocycles. The van der Waals surface area contributed by atoms with Gasteiger partial charge in [0.15, 0.2) is 6.54 Å². The van der Waals surface area contributed by atoms with Crippen molar-refractivity contribution in [2.45, 2.75) is 0 Å². The summed E-state index contributed by atoms with van der Waals surface area (Å²) < 4.78 is 5.11. The molecule has 132 valence electrons. The van der Waals surface area contributed by atoms with E-state index in [1.54, 1.807) is 19.2 Å². The first-order valence-corrected chi connectivity index (χ1v) is 8.45. The van der Waals surface area contributed by atoms with Crippen molar-refractivity contribution in [1.82, 2.24) is 0 Å². The molecule has 0 radical (unpaired) electrons. The summed E-state index contributed by atoms with van der Waals surface area (Å²) in [6, 6.07) is 14.6. The van der Waals surface area contributed by atoms with Crippen LogP contribution in [-0.4, -0.2) is 50.8 Å². The van der Waals surface area contributed by atoms with Crippen LogP contribution in [0.3, 0.4) is 0 Å². The predicted octanol–water partition coefficient (Wildman–Crippen LogP) is 0.744. The van der Waals surface area contributed by atoms with Crippen molar-refractivity contribution in [2.24, 2.45) is 0 Å². The molecule has 1 heterocycles. The van der Waals surface area contributed by atoms with Crippen molar-refractivity contribution in [1.29, 1.82) is 0 Å². The second-order valence-electron chi connectivity index (χ2n) is 6.21. The summed E-state index contributed by atoms with van der Waals surface area (Å²) in [5.41, 5.74) is 1.90. The van der Waals surface area contributed by atoms with Gasteiger partial charge in [-0.3, -0.25) is 4.79 Å². The number of anilines is 2. The number of hydrogen-bond acceptors (Lipinski definition) is 4. The number of amides is 1. The van der Waals surface area contributed by atoms with Gasteiger partial charge in [0.05, 0.1) is 33.3 Å². The molecule has 0 saturated carbocycles. The Labute approximate surface area is 147 Å². The number of aromatic hydroxyl groups is 1. The fourth-order valence-electron chi connectivity index (χ4n) is 3.03. The lowest BCUT2D eigenvalue weighted by molar-refractivity contribution is -0.892. The van der Waals surface area contributed by atoms with E-state index in [9.17, 15) is 9.90 Å². The number of nitrogens with zero attached hydrogens (tertiary/aromatic N) is 1. The van der Waals surface area contributed by atoms with E-state index in [0.717, 1.165) is 43.3 Å². The molecule has 0 bridgehead atoms. The van der Waals surface area contributed by atoms with Gasteiger partial charge in [-0.05, 0) is 48.5 Å². The SMILES string of the molecule is COc1ccc(NC(=O)C[NH+]2CCN(c3ccc(O)cc3)CC2)cc1. The third-order valence-corrected chi connectivity index (χ3v) is 4.47. The van der Waals surface area contributed by atoms with Gasteiger partial charge in [0.2, 0.25) is 0 Å². The molecule has 3 N–H and O–H groups in total. The standard InChI is InChI=1S/C19H23N3O3/c1-25-18-8-2-15(3-9-18)20-19(24)14-21-10-12-22(13-11-21)16-4-6-17(23)7-5-16/h2-9,23H,10-14H2,1H3,(H,20,24)/p+1. The Morgan fingerprint density at radius 2 is 1.76 bits per heavy atom. The van der Waals surface area contributed by atoms with Crippen LogP contribution >= 0.6 is 0 Å². The maximum atomic E-state index is 12.2. The van der Waals surface area contributed by atoms with Crippen LogP contribution < -0.4 is 19.9 Å². The number of nitrogens with one attached hydrogen (secondary N) is 2. The van der Waals surface area contributed by atoms with E-state index in [4.69, 9.17) is 4.74 Å². The van der Waals surface area contributed by atoms with Gasteiger partial charge in [-0.1, -0.05) is 0 Å². The molecule has 1 amide bonds. The van der Waals surface area contributed by atoms with Crippen molar-refractivity contribution >= 4 is 17.3 Å². The molecular formula is C19H24N3O3+. The van der Waals surface area contributed by atoms with Gasteiger partial charge in [-0.2, -0.15) is 0 Å². The largest absolute Gasteiger partial charge is 0.508 e. The number of carbonyl (C=O) groups excluding carboxylic acids is 1. The third kappa shape index (κ3) is 4.64. The highest BCUT2D eigenvalue weighted by Gasteiger charge is 2.22. The minimum Gasteiger partial charge on any atom is -0.508 e. The van der Waals surface area contributed by atoms with Crippen LogP contribution in [0.15, 0.2) is 48.5 Å². The Morgan fingerprint density at radius 1 is 1.12 bits per heavy atom. The minimum atomic E-state index is 0.0262. The van der Waals surface area contributed by atoms with E-state index in [1.807, 2.05) is 36.4 Å². The average Bonchev–Trinajstić information content (AvgIpc) is 2.64. The summed E-state index contributed by atoms with van der Waals surface area (Å²) in [5.74, 6) is 1.08. The molecule has 0 spiro atoms. The first kappa shape index (κ1) is 17.1. The Morgan fingerprint density at radius 3 is 2.36 bits per heavy atom. The van der Waals surface area contributed by atoms with Crippen molar-refractivity contribution in [2.75, 3.05) is 50.1 Å². The fourth-order valence-corrected chi connectivity index (χ4v) is 3.03. The molecular weight excluding hydrogens is 318 g/mol. The fraction of sp³-hybridized carbons (Fsp3) is 0.316. The molecule has 0 aromatic heterocycles. The van der Waals surface area contributed by atoms with Gasteiger partial charge >= 0.3 is 0 Å². The van der Waals surface area contributed by atoms with Crippen LogP contribution in [0.4, 0.5) is 11.4 Å². The molecule has 3 rings (SSSR count). The summed E-state index contributed by atoms with van der Waals surface area (Å²) in [6.45, 7) is 4.09. The highest BCUT2D eigenvalue weighted by Crippen LogP contribution is 2.18. The smallest absolute Gasteiger partial charge is 0.279 e. The molecule has 1 saturated heterocycles. The number of hydrogen-bond donors (Lipinski definition) is 3. The predicted molar refractivity (Wildman–Crippen MR) is 97.5 cm³/mol. The highest BCUT2D eigenvalue weighted by atomic mass is 16.5. The summed E-state index contributed by atoms with van der Waals surface area (Å²) in [7, 11) is 1.62. The van der Waals surface area contributed by atoms with Gasteiger partial charge < -0.3 is 25.0 Å². The van der Waals surface area contributed by atoms with E-state index in [0.29, 0.717) is 6.54 Å². The molecule has 0 unspecified atom stereocenters. The second kappa shape index (κ2) is 7.90. The van der Waals surface area contributed by atoms with Gasteiger partial charge in [-0.15, -0.1) is 0 Å². The monoisotopic (exact) mass is 342 g/mol. The lowest BCUT2D eigenvalue weighted by atomic mass is 10.2. The van der Waals surface area contributed by atoms with Crippen LogP contribution in [0, 0.1) is 0 Å². The van der Waals surface area contributed by atoms with Gasteiger partial charge in [0.25, 0.3) is 5.91 Å². The molecule has 0 aliphatic carbocycles. The lowest BCUT2D eigenvalue weighted by Gasteiger charge is -2.33. The number of methoxy groups -OCH3 is 1. The quantitative estimate of drug-likeness (QED) is 0.750. The zero-order chi connectivity index (χ0) is 17.6. The average molecular weight is 342 g/mol. The molecule has 1 aliphatic rings. The molecule has 2 aromatic rings. The first-order chi connectivity index (χ1) is 12.1. The number of ether oxygens (including phenoxy) is 1. The maximum absolute atomic E-state index is 12.2. The van der Waals surface area contributed by atoms with E-state index in [1.165, 1.54) is 4.90 Å². The number of phenolic OH excluding ortho intramolecular Hbond substituents is 1. The minimum absolute atomic E-state index is 0.0262. The third-order valence-electron chi connectivity index (χ3n) is 4.47. The summed E-state index contributed by atoms with van der Waals surface area (Å²) >= 11 is 0. The Kier molecular flexibility index (Phi) is 5.40. The summed E-state index contributed by atoms with van der Waals surface area (Å²) in [4.78, 5) is 15.8. The number of carbonyl (C=O) groups is 1. The van der Waals surface area contributed by atoms with E-state index >= 15 is 0 Å². The first-order valence-electron chi connectivity index (χ1n) is 8.45. The zero-order valence-corrected chi connectivity index (χ0v) is 14.4. The van der Waals surface area contributed by atoms with Crippen LogP contribution in [-0.2, 0) is 4.79 Å². The van der Waals surface area contributed by atoms with Crippen molar-refractivity contribution < 1.29 is 19.5 Å². The van der Waals surface area contributed by atoms with Gasteiger partial charge in [0.1, 0.15) is 11.5 Å². The number of quaternary nitrogens is 1. The Hall–Kier alpha value is -2.73.